The Morgan fingerprint density at radius 3 is 2.76 bits per heavy atom. The number of hydrogen-bond acceptors (Lipinski definition) is 5. The second-order valence-electron chi connectivity index (χ2n) is 4.15. The van der Waals surface area contributed by atoms with Crippen LogP contribution in [-0.2, 0) is 0 Å². The Kier molecular flexibility index (Phi) is 4.04. The van der Waals surface area contributed by atoms with Crippen LogP contribution in [-0.4, -0.2) is 21.0 Å². The first-order chi connectivity index (χ1) is 9.88. The highest BCUT2D eigenvalue weighted by Crippen LogP contribution is 2.34. The van der Waals surface area contributed by atoms with Crippen molar-refractivity contribution in [1.82, 2.24) is 4.98 Å². The number of aromatic nitrogens is 1. The number of halogens is 1. The van der Waals surface area contributed by atoms with Gasteiger partial charge in [-0.15, -0.1) is 0 Å². The number of hydrogen-bond donors (Lipinski definition) is 1. The first-order valence-corrected chi connectivity index (χ1v) is 6.08. The topological polar surface area (TPSA) is 103 Å². The maximum atomic E-state index is 11.0. The van der Waals surface area contributed by atoms with Crippen LogP contribution in [0.5, 0.6) is 11.6 Å². The fourth-order valence-corrected chi connectivity index (χ4v) is 1.72. The SMILES string of the molecule is Cc1ccc(Cl)c(Oc2ncc(C(=O)O)cc2[N+](=O)[O-])c1. The fraction of sp³-hybridized carbons (Fsp3) is 0.0769. The highest BCUT2D eigenvalue weighted by Gasteiger charge is 2.21. The molecule has 0 radical (unpaired) electrons. The normalized spacial score (nSPS) is 10.2. The van der Waals surface area contributed by atoms with E-state index in [1.165, 1.54) is 0 Å². The Hall–Kier alpha value is -2.67. The molecule has 0 saturated carbocycles. The van der Waals surface area contributed by atoms with Gasteiger partial charge in [-0.25, -0.2) is 9.78 Å². The van der Waals surface area contributed by atoms with E-state index in [0.717, 1.165) is 17.8 Å². The zero-order chi connectivity index (χ0) is 15.6. The van der Waals surface area contributed by atoms with Crippen molar-refractivity contribution in [3.8, 4) is 11.6 Å². The molecule has 8 heteroatoms. The molecule has 0 unspecified atom stereocenters. The Morgan fingerprint density at radius 1 is 1.43 bits per heavy atom. The van der Waals surface area contributed by atoms with Crippen molar-refractivity contribution in [2.24, 2.45) is 0 Å². The van der Waals surface area contributed by atoms with Gasteiger partial charge in [0.25, 0.3) is 5.88 Å². The van der Waals surface area contributed by atoms with E-state index in [1.807, 2.05) is 0 Å². The van der Waals surface area contributed by atoms with Crippen molar-refractivity contribution in [2.45, 2.75) is 6.92 Å². The number of carbonyl (C=O) groups is 1. The Morgan fingerprint density at radius 2 is 2.14 bits per heavy atom. The summed E-state index contributed by atoms with van der Waals surface area (Å²) in [4.78, 5) is 24.7. The first kappa shape index (κ1) is 14.7. The van der Waals surface area contributed by atoms with Gasteiger partial charge in [-0.05, 0) is 24.6 Å². The number of benzene rings is 1. The van der Waals surface area contributed by atoms with E-state index in [9.17, 15) is 14.9 Å². The predicted molar refractivity (Wildman–Crippen MR) is 74.1 cm³/mol. The number of rotatable bonds is 4. The van der Waals surface area contributed by atoms with Crippen LogP contribution in [0.25, 0.3) is 0 Å². The largest absolute Gasteiger partial charge is 0.478 e. The van der Waals surface area contributed by atoms with Crippen molar-refractivity contribution >= 4 is 23.3 Å². The molecule has 0 aliphatic rings. The number of nitrogens with zero attached hydrogens (tertiary/aromatic N) is 2. The van der Waals surface area contributed by atoms with E-state index in [4.69, 9.17) is 21.4 Å². The van der Waals surface area contributed by atoms with Gasteiger partial charge in [-0.2, -0.15) is 0 Å². The van der Waals surface area contributed by atoms with Crippen molar-refractivity contribution < 1.29 is 19.6 Å². The quantitative estimate of drug-likeness (QED) is 0.685. The van der Waals surface area contributed by atoms with Gasteiger partial charge in [0.1, 0.15) is 5.75 Å². The monoisotopic (exact) mass is 308 g/mol. The van der Waals surface area contributed by atoms with Gasteiger partial charge in [0.15, 0.2) is 0 Å². The van der Waals surface area contributed by atoms with Crippen molar-refractivity contribution in [3.05, 3.63) is 56.7 Å². The number of nitro groups is 1. The number of carboxylic acids is 1. The predicted octanol–water partition coefficient (Wildman–Crippen LogP) is 3.44. The van der Waals surface area contributed by atoms with Crippen molar-refractivity contribution in [3.63, 3.8) is 0 Å². The zero-order valence-electron chi connectivity index (χ0n) is 10.7. The number of ether oxygens (including phenoxy) is 1. The van der Waals surface area contributed by atoms with Crippen LogP contribution in [0.3, 0.4) is 0 Å². The number of aromatic carboxylic acids is 1. The summed E-state index contributed by atoms with van der Waals surface area (Å²) in [6.45, 7) is 1.80. The van der Waals surface area contributed by atoms with E-state index in [1.54, 1.807) is 25.1 Å². The molecule has 0 saturated heterocycles. The first-order valence-electron chi connectivity index (χ1n) is 5.70. The third-order valence-electron chi connectivity index (χ3n) is 2.57. The van der Waals surface area contributed by atoms with Crippen LogP contribution >= 0.6 is 11.6 Å². The van der Waals surface area contributed by atoms with Crippen LogP contribution in [0, 0.1) is 17.0 Å². The summed E-state index contributed by atoms with van der Waals surface area (Å²) in [5, 5.41) is 20.1. The van der Waals surface area contributed by atoms with E-state index in [-0.39, 0.29) is 22.2 Å². The van der Waals surface area contributed by atoms with Gasteiger partial charge < -0.3 is 9.84 Å². The molecule has 1 aromatic carbocycles. The molecule has 1 aromatic heterocycles. The van der Waals surface area contributed by atoms with Crippen LogP contribution in [0.15, 0.2) is 30.5 Å². The van der Waals surface area contributed by atoms with E-state index in [2.05, 4.69) is 4.98 Å². The Balaban J connectivity index is 2.46. The number of aryl methyl sites for hydroxylation is 1. The summed E-state index contributed by atoms with van der Waals surface area (Å²) in [7, 11) is 0. The third-order valence-corrected chi connectivity index (χ3v) is 2.88. The van der Waals surface area contributed by atoms with E-state index in [0.29, 0.717) is 0 Å². The van der Waals surface area contributed by atoms with Crippen LogP contribution in [0.1, 0.15) is 15.9 Å². The van der Waals surface area contributed by atoms with E-state index < -0.39 is 16.6 Å². The average Bonchev–Trinajstić information content (AvgIpc) is 2.42. The molecular formula is C13H9ClN2O5. The summed E-state index contributed by atoms with van der Waals surface area (Å²) in [5.74, 6) is -1.43. The maximum Gasteiger partial charge on any atom is 0.337 e. The molecular weight excluding hydrogens is 300 g/mol. The lowest BCUT2D eigenvalue weighted by Crippen LogP contribution is -2.02. The number of carboxylic acid groups (broad SMARTS) is 1. The molecule has 0 bridgehead atoms. The summed E-state index contributed by atoms with van der Waals surface area (Å²) in [6.07, 6.45) is 0.981. The minimum Gasteiger partial charge on any atom is -0.478 e. The average molecular weight is 309 g/mol. The van der Waals surface area contributed by atoms with Gasteiger partial charge in [0.05, 0.1) is 15.5 Å². The molecule has 0 aliphatic carbocycles. The summed E-state index contributed by atoms with van der Waals surface area (Å²) in [5.41, 5.74) is -0.00364. The lowest BCUT2D eigenvalue weighted by molar-refractivity contribution is -0.386. The summed E-state index contributed by atoms with van der Waals surface area (Å²) >= 11 is 5.94. The van der Waals surface area contributed by atoms with Crippen molar-refractivity contribution in [2.75, 3.05) is 0 Å². The van der Waals surface area contributed by atoms with Crippen LogP contribution in [0.2, 0.25) is 5.02 Å². The molecule has 2 rings (SSSR count). The van der Waals surface area contributed by atoms with Crippen LogP contribution < -0.4 is 4.74 Å². The lowest BCUT2D eigenvalue weighted by Gasteiger charge is -2.08. The highest BCUT2D eigenvalue weighted by atomic mass is 35.5. The fourth-order valence-electron chi connectivity index (χ4n) is 1.56. The lowest BCUT2D eigenvalue weighted by atomic mass is 10.2. The summed E-state index contributed by atoms with van der Waals surface area (Å²) in [6, 6.07) is 5.82. The standard InChI is InChI=1S/C13H9ClN2O5/c1-7-2-3-9(14)11(4-7)21-12-10(16(19)20)5-8(6-15-12)13(17)18/h2-6H,1H3,(H,17,18). The molecule has 2 aromatic rings. The Labute approximate surface area is 123 Å². The molecule has 0 aliphatic heterocycles. The van der Waals surface area contributed by atoms with Crippen molar-refractivity contribution in [1.29, 1.82) is 0 Å². The minimum atomic E-state index is -1.31. The van der Waals surface area contributed by atoms with Crippen LogP contribution in [0.4, 0.5) is 5.69 Å². The van der Waals surface area contributed by atoms with Gasteiger partial charge in [-0.1, -0.05) is 17.7 Å². The molecule has 0 fully saturated rings. The third kappa shape index (κ3) is 3.26. The van der Waals surface area contributed by atoms with Gasteiger partial charge in [0.2, 0.25) is 0 Å². The van der Waals surface area contributed by atoms with E-state index >= 15 is 0 Å². The molecule has 108 valence electrons. The molecule has 0 amide bonds. The summed E-state index contributed by atoms with van der Waals surface area (Å²) < 4.78 is 5.34. The number of pyridine rings is 1. The van der Waals surface area contributed by atoms with Gasteiger partial charge in [0, 0.05) is 12.3 Å². The highest BCUT2D eigenvalue weighted by molar-refractivity contribution is 6.32. The molecule has 21 heavy (non-hydrogen) atoms. The second-order valence-corrected chi connectivity index (χ2v) is 4.55. The molecule has 7 nitrogen and oxygen atoms in total. The Bertz CT molecular complexity index is 732. The second kappa shape index (κ2) is 5.76. The molecule has 1 heterocycles. The van der Waals surface area contributed by atoms with Gasteiger partial charge in [-0.3, -0.25) is 10.1 Å². The smallest absolute Gasteiger partial charge is 0.337 e. The van der Waals surface area contributed by atoms with Gasteiger partial charge >= 0.3 is 11.7 Å². The minimum absolute atomic E-state index is 0.204. The molecule has 1 N–H and O–H groups in total. The zero-order valence-corrected chi connectivity index (χ0v) is 11.5. The molecule has 0 atom stereocenters. The maximum absolute atomic E-state index is 11.0. The molecule has 0 spiro atoms.